The van der Waals surface area contributed by atoms with E-state index in [1.807, 2.05) is 6.07 Å². The molecule has 118 valence electrons. The van der Waals surface area contributed by atoms with E-state index in [4.69, 9.17) is 21.3 Å². The maximum atomic E-state index is 11.1. The minimum atomic E-state index is -0.528. The van der Waals surface area contributed by atoms with Gasteiger partial charge in [0.15, 0.2) is 0 Å². The summed E-state index contributed by atoms with van der Waals surface area (Å²) in [6, 6.07) is 12.8. The molecule has 0 radical (unpaired) electrons. The molecule has 0 unspecified atom stereocenters. The monoisotopic (exact) mass is 358 g/mol. The van der Waals surface area contributed by atoms with Crippen LogP contribution >= 0.6 is 23.4 Å². The fourth-order valence-electron chi connectivity index (χ4n) is 1.87. The highest BCUT2D eigenvalue weighted by Gasteiger charge is 2.19. The second-order valence-electron chi connectivity index (χ2n) is 4.53. The minimum absolute atomic E-state index is 0.134. The number of rotatable bonds is 4. The van der Waals surface area contributed by atoms with E-state index >= 15 is 0 Å². The molecule has 0 aliphatic heterocycles. The van der Waals surface area contributed by atoms with Crippen LogP contribution in [-0.4, -0.2) is 15.1 Å². The normalized spacial score (nSPS) is 10.3. The van der Waals surface area contributed by atoms with E-state index in [0.717, 1.165) is 11.8 Å². The number of hydrogen-bond donors (Lipinski definition) is 0. The van der Waals surface area contributed by atoms with Crippen molar-refractivity contribution in [2.45, 2.75) is 10.1 Å². The summed E-state index contributed by atoms with van der Waals surface area (Å²) in [7, 11) is 0. The Kier molecular flexibility index (Phi) is 4.46. The van der Waals surface area contributed by atoms with Crippen LogP contribution in [0.2, 0.25) is 5.02 Å². The van der Waals surface area contributed by atoms with Crippen molar-refractivity contribution >= 4 is 29.1 Å². The molecule has 3 rings (SSSR count). The summed E-state index contributed by atoms with van der Waals surface area (Å²) in [5, 5.41) is 28.5. The van der Waals surface area contributed by atoms with Crippen molar-refractivity contribution in [3.05, 3.63) is 63.2 Å². The number of nitriles is 1. The van der Waals surface area contributed by atoms with E-state index in [0.29, 0.717) is 16.1 Å². The van der Waals surface area contributed by atoms with E-state index in [1.165, 1.54) is 18.2 Å². The summed E-state index contributed by atoms with van der Waals surface area (Å²) >= 11 is 6.76. The number of aromatic nitrogens is 2. The molecular formula is C15H7ClN4O3S. The van der Waals surface area contributed by atoms with E-state index in [2.05, 4.69) is 10.2 Å². The van der Waals surface area contributed by atoms with Crippen LogP contribution in [0, 0.1) is 21.4 Å². The predicted molar refractivity (Wildman–Crippen MR) is 86.7 cm³/mol. The van der Waals surface area contributed by atoms with Gasteiger partial charge in [-0.1, -0.05) is 11.6 Å². The van der Waals surface area contributed by atoms with Gasteiger partial charge in [-0.3, -0.25) is 10.1 Å². The molecule has 7 nitrogen and oxygen atoms in total. The lowest BCUT2D eigenvalue weighted by molar-refractivity contribution is -0.387. The molecule has 1 heterocycles. The summed E-state index contributed by atoms with van der Waals surface area (Å²) < 4.78 is 5.51. The topological polar surface area (TPSA) is 106 Å². The maximum Gasteiger partial charge on any atom is 0.283 e. The number of halogens is 1. The lowest BCUT2D eigenvalue weighted by Crippen LogP contribution is -1.91. The second-order valence-corrected chi connectivity index (χ2v) is 5.96. The average molecular weight is 359 g/mol. The van der Waals surface area contributed by atoms with Gasteiger partial charge in [0.25, 0.3) is 10.9 Å². The minimum Gasteiger partial charge on any atom is -0.411 e. The Balaban J connectivity index is 1.91. The van der Waals surface area contributed by atoms with Crippen molar-refractivity contribution in [1.29, 1.82) is 5.26 Å². The fourth-order valence-corrected chi connectivity index (χ4v) is 2.82. The highest BCUT2D eigenvalue weighted by Crippen LogP contribution is 2.35. The van der Waals surface area contributed by atoms with Gasteiger partial charge in [0, 0.05) is 16.7 Å². The third kappa shape index (κ3) is 3.37. The number of nitro groups is 1. The Morgan fingerprint density at radius 1 is 1.21 bits per heavy atom. The zero-order valence-corrected chi connectivity index (χ0v) is 13.4. The molecule has 0 fully saturated rings. The van der Waals surface area contributed by atoms with Crippen LogP contribution in [0.4, 0.5) is 5.69 Å². The third-order valence-corrected chi connectivity index (χ3v) is 4.12. The zero-order chi connectivity index (χ0) is 17.1. The van der Waals surface area contributed by atoms with Crippen molar-refractivity contribution in [2.75, 3.05) is 0 Å². The molecule has 0 atom stereocenters. The molecule has 1 aromatic heterocycles. The number of hydrogen-bond acceptors (Lipinski definition) is 7. The van der Waals surface area contributed by atoms with Gasteiger partial charge in [0.1, 0.15) is 0 Å². The number of nitro benzene ring substituents is 1. The molecule has 0 aliphatic rings. The van der Waals surface area contributed by atoms with Gasteiger partial charge >= 0.3 is 0 Å². The quantitative estimate of drug-likeness (QED) is 0.505. The van der Waals surface area contributed by atoms with Crippen molar-refractivity contribution in [3.63, 3.8) is 0 Å². The van der Waals surface area contributed by atoms with Crippen molar-refractivity contribution in [1.82, 2.24) is 10.2 Å². The molecule has 2 aromatic carbocycles. The molecule has 24 heavy (non-hydrogen) atoms. The molecule has 0 amide bonds. The van der Waals surface area contributed by atoms with E-state index in [9.17, 15) is 10.1 Å². The SMILES string of the molecule is N#Cc1ccc([N+](=O)[O-])c(Sc2nnc(-c3ccc(Cl)cc3)o2)c1. The highest BCUT2D eigenvalue weighted by atomic mass is 35.5. The van der Waals surface area contributed by atoms with Crippen LogP contribution in [0.15, 0.2) is 57.0 Å². The van der Waals surface area contributed by atoms with Crippen molar-refractivity contribution < 1.29 is 9.34 Å². The van der Waals surface area contributed by atoms with Crippen molar-refractivity contribution in [3.8, 4) is 17.5 Å². The van der Waals surface area contributed by atoms with Gasteiger partial charge in [-0.05, 0) is 48.2 Å². The number of benzene rings is 2. The first-order chi connectivity index (χ1) is 11.6. The largest absolute Gasteiger partial charge is 0.411 e. The molecule has 0 spiro atoms. The Hall–Kier alpha value is -2.89. The van der Waals surface area contributed by atoms with Crippen LogP contribution in [0.5, 0.6) is 0 Å². The molecule has 0 saturated heterocycles. The zero-order valence-electron chi connectivity index (χ0n) is 11.8. The maximum absolute atomic E-state index is 11.1. The molecule has 3 aromatic rings. The third-order valence-electron chi connectivity index (χ3n) is 2.98. The van der Waals surface area contributed by atoms with E-state index in [1.54, 1.807) is 24.3 Å². The van der Waals surface area contributed by atoms with Gasteiger partial charge in [0.05, 0.1) is 21.5 Å². The van der Waals surface area contributed by atoms with Crippen LogP contribution in [0.1, 0.15) is 5.56 Å². The average Bonchev–Trinajstić information content (AvgIpc) is 3.03. The van der Waals surface area contributed by atoms with Gasteiger partial charge in [-0.15, -0.1) is 10.2 Å². The summed E-state index contributed by atoms with van der Waals surface area (Å²) in [6.45, 7) is 0. The lowest BCUT2D eigenvalue weighted by Gasteiger charge is -2.00. The Labute approximate surface area is 145 Å². The molecule has 0 bridgehead atoms. The Bertz CT molecular complexity index is 950. The van der Waals surface area contributed by atoms with Gasteiger partial charge in [-0.25, -0.2) is 0 Å². The summed E-state index contributed by atoms with van der Waals surface area (Å²) in [5.41, 5.74) is 0.852. The Morgan fingerprint density at radius 3 is 2.62 bits per heavy atom. The lowest BCUT2D eigenvalue weighted by atomic mass is 10.2. The number of nitrogens with zero attached hydrogens (tertiary/aromatic N) is 4. The van der Waals surface area contributed by atoms with Crippen LogP contribution in [-0.2, 0) is 0 Å². The molecular weight excluding hydrogens is 352 g/mol. The molecule has 0 aliphatic carbocycles. The smallest absolute Gasteiger partial charge is 0.283 e. The van der Waals surface area contributed by atoms with Gasteiger partial charge in [0.2, 0.25) is 5.89 Å². The highest BCUT2D eigenvalue weighted by molar-refractivity contribution is 7.99. The van der Waals surface area contributed by atoms with Gasteiger partial charge < -0.3 is 4.42 Å². The van der Waals surface area contributed by atoms with Gasteiger partial charge in [-0.2, -0.15) is 5.26 Å². The summed E-state index contributed by atoms with van der Waals surface area (Å²) in [5.74, 6) is 0.272. The molecule has 0 N–H and O–H groups in total. The van der Waals surface area contributed by atoms with Crippen molar-refractivity contribution in [2.24, 2.45) is 0 Å². The first-order valence-electron chi connectivity index (χ1n) is 6.52. The summed E-state index contributed by atoms with van der Waals surface area (Å²) in [4.78, 5) is 10.8. The molecule has 9 heteroatoms. The first-order valence-corrected chi connectivity index (χ1v) is 7.72. The van der Waals surface area contributed by atoms with Crippen LogP contribution in [0.3, 0.4) is 0 Å². The first kappa shape index (κ1) is 16.0. The standard InChI is InChI=1S/C15H7ClN4O3S/c16-11-4-2-10(3-5-11)14-18-19-15(23-14)24-13-7-9(8-17)1-6-12(13)20(21)22/h1-7H. The Morgan fingerprint density at radius 2 is 1.96 bits per heavy atom. The van der Waals surface area contributed by atoms with E-state index in [-0.39, 0.29) is 21.7 Å². The summed E-state index contributed by atoms with van der Waals surface area (Å²) in [6.07, 6.45) is 0. The van der Waals surface area contributed by atoms with Crippen LogP contribution in [0.25, 0.3) is 11.5 Å². The fraction of sp³-hybridized carbons (Fsp3) is 0. The molecule has 0 saturated carbocycles. The van der Waals surface area contributed by atoms with Crippen LogP contribution < -0.4 is 0 Å². The second kappa shape index (κ2) is 6.70. The van der Waals surface area contributed by atoms with E-state index < -0.39 is 4.92 Å². The predicted octanol–water partition coefficient (Wildman–Crippen LogP) is 4.32.